The summed E-state index contributed by atoms with van der Waals surface area (Å²) in [5, 5.41) is 9.20. The molecule has 0 atom stereocenters. The average molecular weight is 178 g/mol. The van der Waals surface area contributed by atoms with Gasteiger partial charge in [-0.1, -0.05) is 18.2 Å². The molecule has 0 aromatic heterocycles. The lowest BCUT2D eigenvalue weighted by atomic mass is 9.77. The predicted octanol–water partition coefficient (Wildman–Crippen LogP) is 1.93. The molecule has 0 heterocycles. The summed E-state index contributed by atoms with van der Waals surface area (Å²) in [7, 11) is 1.69. The molecule has 2 heteroatoms. The van der Waals surface area contributed by atoms with Gasteiger partial charge in [-0.2, -0.15) is 0 Å². The second kappa shape index (κ2) is 3.38. The van der Waals surface area contributed by atoms with E-state index in [-0.39, 0.29) is 6.10 Å². The van der Waals surface area contributed by atoms with Crippen LogP contribution in [0, 0.1) is 0 Å². The van der Waals surface area contributed by atoms with Gasteiger partial charge in [0.1, 0.15) is 5.75 Å². The van der Waals surface area contributed by atoms with Crippen molar-refractivity contribution >= 4 is 0 Å². The molecule has 0 saturated heterocycles. The maximum atomic E-state index is 9.20. The van der Waals surface area contributed by atoms with Gasteiger partial charge in [0.15, 0.2) is 0 Å². The van der Waals surface area contributed by atoms with E-state index < -0.39 is 0 Å². The highest BCUT2D eigenvalue weighted by atomic mass is 16.5. The number of aliphatic hydroxyl groups excluding tert-OH is 1. The fourth-order valence-corrected chi connectivity index (χ4v) is 1.85. The maximum Gasteiger partial charge on any atom is 0.122 e. The van der Waals surface area contributed by atoms with Crippen molar-refractivity contribution < 1.29 is 9.84 Å². The molecule has 1 aromatic carbocycles. The standard InChI is InChI=1S/C11H14O2/c1-13-11-5-3-2-4-10(11)8-6-9(12)7-8/h2-5,8-9,12H,6-7H2,1H3. The Morgan fingerprint density at radius 3 is 2.62 bits per heavy atom. The highest BCUT2D eigenvalue weighted by molar-refractivity contribution is 5.37. The first-order valence-corrected chi connectivity index (χ1v) is 4.62. The second-order valence-corrected chi connectivity index (χ2v) is 3.56. The molecule has 1 aliphatic rings. The number of methoxy groups -OCH3 is 1. The van der Waals surface area contributed by atoms with Gasteiger partial charge in [-0.3, -0.25) is 0 Å². The van der Waals surface area contributed by atoms with Gasteiger partial charge >= 0.3 is 0 Å². The number of benzene rings is 1. The van der Waals surface area contributed by atoms with Crippen molar-refractivity contribution in [3.63, 3.8) is 0 Å². The summed E-state index contributed by atoms with van der Waals surface area (Å²) in [5.41, 5.74) is 1.23. The number of hydrogen-bond acceptors (Lipinski definition) is 2. The maximum absolute atomic E-state index is 9.20. The molecule has 0 unspecified atom stereocenters. The minimum Gasteiger partial charge on any atom is -0.496 e. The Kier molecular flexibility index (Phi) is 2.23. The summed E-state index contributed by atoms with van der Waals surface area (Å²) in [4.78, 5) is 0. The quantitative estimate of drug-likeness (QED) is 0.749. The third-order valence-corrected chi connectivity index (χ3v) is 2.69. The molecule has 13 heavy (non-hydrogen) atoms. The van der Waals surface area contributed by atoms with Crippen LogP contribution in [0.4, 0.5) is 0 Å². The smallest absolute Gasteiger partial charge is 0.122 e. The SMILES string of the molecule is COc1ccccc1C1CC(O)C1. The number of rotatable bonds is 2. The van der Waals surface area contributed by atoms with Gasteiger partial charge < -0.3 is 9.84 Å². The highest BCUT2D eigenvalue weighted by Crippen LogP contribution is 2.40. The zero-order valence-corrected chi connectivity index (χ0v) is 7.73. The Hall–Kier alpha value is -1.02. The Morgan fingerprint density at radius 1 is 1.31 bits per heavy atom. The van der Waals surface area contributed by atoms with Crippen LogP contribution in [0.3, 0.4) is 0 Å². The fourth-order valence-electron chi connectivity index (χ4n) is 1.85. The molecule has 0 radical (unpaired) electrons. The molecule has 0 aliphatic heterocycles. The van der Waals surface area contributed by atoms with E-state index in [1.54, 1.807) is 7.11 Å². The largest absolute Gasteiger partial charge is 0.496 e. The van der Waals surface area contributed by atoms with Crippen molar-refractivity contribution in [3.05, 3.63) is 29.8 Å². The summed E-state index contributed by atoms with van der Waals surface area (Å²) >= 11 is 0. The summed E-state index contributed by atoms with van der Waals surface area (Å²) < 4.78 is 5.26. The fraction of sp³-hybridized carbons (Fsp3) is 0.455. The summed E-state index contributed by atoms with van der Waals surface area (Å²) in [6.45, 7) is 0. The van der Waals surface area contributed by atoms with Crippen molar-refractivity contribution in [3.8, 4) is 5.75 Å². The monoisotopic (exact) mass is 178 g/mol. The molecule has 1 aliphatic carbocycles. The van der Waals surface area contributed by atoms with Crippen LogP contribution in [0.1, 0.15) is 24.3 Å². The van der Waals surface area contributed by atoms with Gasteiger partial charge in [0.25, 0.3) is 0 Å². The van der Waals surface area contributed by atoms with Crippen LogP contribution >= 0.6 is 0 Å². The number of ether oxygens (including phenoxy) is 1. The number of hydrogen-bond donors (Lipinski definition) is 1. The topological polar surface area (TPSA) is 29.5 Å². The molecule has 1 fully saturated rings. The van der Waals surface area contributed by atoms with E-state index in [0.717, 1.165) is 18.6 Å². The molecule has 0 spiro atoms. The predicted molar refractivity (Wildman–Crippen MR) is 51.0 cm³/mol. The summed E-state index contributed by atoms with van der Waals surface area (Å²) in [6.07, 6.45) is 1.65. The van der Waals surface area contributed by atoms with Crippen molar-refractivity contribution in [2.75, 3.05) is 7.11 Å². The van der Waals surface area contributed by atoms with Crippen molar-refractivity contribution in [2.45, 2.75) is 24.9 Å². The van der Waals surface area contributed by atoms with Gasteiger partial charge in [0.2, 0.25) is 0 Å². The van der Waals surface area contributed by atoms with E-state index in [9.17, 15) is 5.11 Å². The molecule has 0 bridgehead atoms. The number of aliphatic hydroxyl groups is 1. The van der Waals surface area contributed by atoms with Crippen LogP contribution in [-0.2, 0) is 0 Å². The van der Waals surface area contributed by atoms with E-state index in [1.807, 2.05) is 18.2 Å². The first-order valence-electron chi connectivity index (χ1n) is 4.62. The normalized spacial score (nSPS) is 26.6. The van der Waals surface area contributed by atoms with E-state index in [4.69, 9.17) is 4.74 Å². The summed E-state index contributed by atoms with van der Waals surface area (Å²) in [5.74, 6) is 1.44. The van der Waals surface area contributed by atoms with E-state index in [2.05, 4.69) is 6.07 Å². The second-order valence-electron chi connectivity index (χ2n) is 3.56. The third-order valence-electron chi connectivity index (χ3n) is 2.69. The van der Waals surface area contributed by atoms with Crippen LogP contribution in [-0.4, -0.2) is 18.3 Å². The Bertz CT molecular complexity index is 290. The van der Waals surface area contributed by atoms with Crippen LogP contribution in [0.15, 0.2) is 24.3 Å². The van der Waals surface area contributed by atoms with Crippen LogP contribution < -0.4 is 4.74 Å². The van der Waals surface area contributed by atoms with Crippen molar-refractivity contribution in [1.82, 2.24) is 0 Å². The molecule has 70 valence electrons. The van der Waals surface area contributed by atoms with Crippen LogP contribution in [0.5, 0.6) is 5.75 Å². The Morgan fingerprint density at radius 2 is 2.00 bits per heavy atom. The van der Waals surface area contributed by atoms with Gasteiger partial charge in [-0.15, -0.1) is 0 Å². The van der Waals surface area contributed by atoms with E-state index >= 15 is 0 Å². The first-order chi connectivity index (χ1) is 6.31. The molecule has 1 aromatic rings. The lowest BCUT2D eigenvalue weighted by molar-refractivity contribution is 0.0738. The Labute approximate surface area is 78.2 Å². The Balaban J connectivity index is 2.19. The minimum absolute atomic E-state index is 0.102. The molecular weight excluding hydrogens is 164 g/mol. The number of para-hydroxylation sites is 1. The zero-order chi connectivity index (χ0) is 9.26. The molecule has 1 N–H and O–H groups in total. The van der Waals surface area contributed by atoms with Gasteiger partial charge in [0, 0.05) is 0 Å². The first kappa shape index (κ1) is 8.57. The minimum atomic E-state index is -0.102. The molecule has 2 rings (SSSR count). The van der Waals surface area contributed by atoms with Crippen LogP contribution in [0.2, 0.25) is 0 Å². The summed E-state index contributed by atoms with van der Waals surface area (Å²) in [6, 6.07) is 8.04. The van der Waals surface area contributed by atoms with E-state index in [1.165, 1.54) is 5.56 Å². The van der Waals surface area contributed by atoms with Gasteiger partial charge in [0.05, 0.1) is 13.2 Å². The molecule has 1 saturated carbocycles. The lowest BCUT2D eigenvalue weighted by Gasteiger charge is -2.32. The molecular formula is C11H14O2. The van der Waals surface area contributed by atoms with Crippen molar-refractivity contribution in [1.29, 1.82) is 0 Å². The zero-order valence-electron chi connectivity index (χ0n) is 7.73. The highest BCUT2D eigenvalue weighted by Gasteiger charge is 2.30. The average Bonchev–Trinajstić information content (AvgIpc) is 2.13. The van der Waals surface area contributed by atoms with Gasteiger partial charge in [-0.25, -0.2) is 0 Å². The van der Waals surface area contributed by atoms with Crippen LogP contribution in [0.25, 0.3) is 0 Å². The third kappa shape index (κ3) is 1.54. The molecule has 0 amide bonds. The van der Waals surface area contributed by atoms with Crippen molar-refractivity contribution in [2.24, 2.45) is 0 Å². The molecule has 2 nitrogen and oxygen atoms in total. The van der Waals surface area contributed by atoms with E-state index in [0.29, 0.717) is 5.92 Å². The van der Waals surface area contributed by atoms with Gasteiger partial charge in [-0.05, 0) is 30.4 Å². The lowest BCUT2D eigenvalue weighted by Crippen LogP contribution is -2.26.